The van der Waals surface area contributed by atoms with Gasteiger partial charge in [-0.15, -0.1) is 0 Å². The van der Waals surface area contributed by atoms with Gasteiger partial charge in [0.05, 0.1) is 12.1 Å². The van der Waals surface area contributed by atoms with E-state index in [4.69, 9.17) is 16.3 Å². The van der Waals surface area contributed by atoms with E-state index in [2.05, 4.69) is 36.5 Å². The first kappa shape index (κ1) is 14.9. The minimum Gasteiger partial charge on any atom is -0.495 e. The van der Waals surface area contributed by atoms with E-state index < -0.39 is 0 Å². The van der Waals surface area contributed by atoms with E-state index in [-0.39, 0.29) is 0 Å². The van der Waals surface area contributed by atoms with Gasteiger partial charge in [0, 0.05) is 6.54 Å². The van der Waals surface area contributed by atoms with Crippen LogP contribution in [0, 0.1) is 6.92 Å². The minimum absolute atomic E-state index is 0.658. The molecule has 2 aromatic carbocycles. The first-order chi connectivity index (χ1) is 9.70. The lowest BCUT2D eigenvalue weighted by Crippen LogP contribution is -2.17. The number of ether oxygens (including phenoxy) is 1. The second kappa shape index (κ2) is 7.32. The second-order valence-corrected chi connectivity index (χ2v) is 5.23. The van der Waals surface area contributed by atoms with Crippen molar-refractivity contribution < 1.29 is 4.74 Å². The summed E-state index contributed by atoms with van der Waals surface area (Å²) >= 11 is 6.11. The molecule has 0 aliphatic heterocycles. The van der Waals surface area contributed by atoms with Gasteiger partial charge in [0.1, 0.15) is 5.75 Å². The van der Waals surface area contributed by atoms with Crippen molar-refractivity contribution in [2.75, 3.05) is 13.7 Å². The Balaban J connectivity index is 1.82. The van der Waals surface area contributed by atoms with Crippen LogP contribution in [0.15, 0.2) is 42.5 Å². The zero-order valence-corrected chi connectivity index (χ0v) is 12.7. The maximum Gasteiger partial charge on any atom is 0.137 e. The van der Waals surface area contributed by atoms with Crippen molar-refractivity contribution in [3.05, 3.63) is 64.2 Å². The van der Waals surface area contributed by atoms with Crippen LogP contribution in [0.3, 0.4) is 0 Å². The summed E-state index contributed by atoms with van der Waals surface area (Å²) in [6, 6.07) is 14.4. The molecule has 0 spiro atoms. The van der Waals surface area contributed by atoms with Gasteiger partial charge in [0.15, 0.2) is 0 Å². The van der Waals surface area contributed by atoms with E-state index in [1.165, 1.54) is 16.7 Å². The summed E-state index contributed by atoms with van der Waals surface area (Å²) in [5.74, 6) is 0.718. The zero-order valence-electron chi connectivity index (χ0n) is 11.9. The van der Waals surface area contributed by atoms with Crippen molar-refractivity contribution in [3.8, 4) is 5.75 Å². The standard InChI is InChI=1S/C17H20ClNO/c1-13-5-3-4-6-15(13)9-10-19-12-14-7-8-17(20-2)16(18)11-14/h3-8,11,19H,9-10,12H2,1-2H3. The molecule has 0 radical (unpaired) electrons. The third kappa shape index (κ3) is 3.99. The Morgan fingerprint density at radius 1 is 1.15 bits per heavy atom. The van der Waals surface area contributed by atoms with Crippen molar-refractivity contribution >= 4 is 11.6 Å². The predicted octanol–water partition coefficient (Wildman–Crippen LogP) is 3.99. The van der Waals surface area contributed by atoms with Crippen molar-refractivity contribution in [3.63, 3.8) is 0 Å². The lowest BCUT2D eigenvalue weighted by atomic mass is 10.1. The molecular weight excluding hydrogens is 270 g/mol. The monoisotopic (exact) mass is 289 g/mol. The van der Waals surface area contributed by atoms with Gasteiger partial charge in [-0.3, -0.25) is 0 Å². The quantitative estimate of drug-likeness (QED) is 0.812. The molecule has 0 amide bonds. The molecule has 0 fully saturated rings. The van der Waals surface area contributed by atoms with Crippen molar-refractivity contribution in [2.24, 2.45) is 0 Å². The van der Waals surface area contributed by atoms with Gasteiger partial charge in [-0.25, -0.2) is 0 Å². The van der Waals surface area contributed by atoms with Crippen LogP contribution in [0.4, 0.5) is 0 Å². The average molecular weight is 290 g/mol. The number of rotatable bonds is 6. The zero-order chi connectivity index (χ0) is 14.4. The first-order valence-electron chi connectivity index (χ1n) is 6.78. The molecule has 1 N–H and O–H groups in total. The maximum absolute atomic E-state index is 6.11. The largest absolute Gasteiger partial charge is 0.495 e. The first-order valence-corrected chi connectivity index (χ1v) is 7.16. The Labute approximate surface area is 125 Å². The highest BCUT2D eigenvalue weighted by atomic mass is 35.5. The Hall–Kier alpha value is -1.51. The fraction of sp³-hybridized carbons (Fsp3) is 0.294. The lowest BCUT2D eigenvalue weighted by molar-refractivity contribution is 0.415. The number of hydrogen-bond donors (Lipinski definition) is 1. The second-order valence-electron chi connectivity index (χ2n) is 4.82. The highest BCUT2D eigenvalue weighted by molar-refractivity contribution is 6.32. The van der Waals surface area contributed by atoms with Crippen LogP contribution in [0.2, 0.25) is 5.02 Å². The van der Waals surface area contributed by atoms with E-state index in [9.17, 15) is 0 Å². The molecule has 2 rings (SSSR count). The molecule has 0 aliphatic rings. The summed E-state index contributed by atoms with van der Waals surface area (Å²) in [5.41, 5.74) is 3.91. The maximum atomic E-state index is 6.11. The fourth-order valence-electron chi connectivity index (χ4n) is 2.17. The van der Waals surface area contributed by atoms with Gasteiger partial charge in [0.25, 0.3) is 0 Å². The fourth-order valence-corrected chi connectivity index (χ4v) is 2.45. The van der Waals surface area contributed by atoms with Crippen LogP contribution in [-0.2, 0) is 13.0 Å². The third-order valence-corrected chi connectivity index (χ3v) is 3.67. The molecule has 0 aliphatic carbocycles. The molecular formula is C17H20ClNO. The van der Waals surface area contributed by atoms with Gasteiger partial charge in [-0.05, 0) is 48.7 Å². The Morgan fingerprint density at radius 2 is 1.95 bits per heavy atom. The van der Waals surface area contributed by atoms with E-state index in [1.807, 2.05) is 18.2 Å². The summed E-state index contributed by atoms with van der Waals surface area (Å²) in [6.07, 6.45) is 1.04. The minimum atomic E-state index is 0.658. The van der Waals surface area contributed by atoms with Gasteiger partial charge >= 0.3 is 0 Å². The predicted molar refractivity (Wildman–Crippen MR) is 84.6 cm³/mol. The Kier molecular flexibility index (Phi) is 5.45. The number of methoxy groups -OCH3 is 1. The van der Waals surface area contributed by atoms with E-state index in [0.717, 1.165) is 25.3 Å². The van der Waals surface area contributed by atoms with Crippen LogP contribution in [0.1, 0.15) is 16.7 Å². The summed E-state index contributed by atoms with van der Waals surface area (Å²) in [5, 5.41) is 4.10. The normalized spacial score (nSPS) is 10.6. The number of aryl methyl sites for hydroxylation is 1. The molecule has 0 saturated carbocycles. The number of hydrogen-bond acceptors (Lipinski definition) is 2. The third-order valence-electron chi connectivity index (χ3n) is 3.38. The van der Waals surface area contributed by atoms with Crippen LogP contribution in [0.25, 0.3) is 0 Å². The molecule has 0 heterocycles. The molecule has 2 aromatic rings. The molecule has 2 nitrogen and oxygen atoms in total. The van der Waals surface area contributed by atoms with E-state index >= 15 is 0 Å². The van der Waals surface area contributed by atoms with Crippen molar-refractivity contribution in [1.82, 2.24) is 5.32 Å². The summed E-state index contributed by atoms with van der Waals surface area (Å²) < 4.78 is 5.14. The van der Waals surface area contributed by atoms with Crippen LogP contribution >= 0.6 is 11.6 Å². The van der Waals surface area contributed by atoms with Gasteiger partial charge in [-0.1, -0.05) is 41.9 Å². The van der Waals surface area contributed by atoms with Crippen LogP contribution in [0.5, 0.6) is 5.75 Å². The summed E-state index contributed by atoms with van der Waals surface area (Å²) in [4.78, 5) is 0. The molecule has 0 saturated heterocycles. The van der Waals surface area contributed by atoms with E-state index in [1.54, 1.807) is 7.11 Å². The van der Waals surface area contributed by atoms with E-state index in [0.29, 0.717) is 5.02 Å². The van der Waals surface area contributed by atoms with Crippen LogP contribution in [-0.4, -0.2) is 13.7 Å². The SMILES string of the molecule is COc1ccc(CNCCc2ccccc2C)cc1Cl. The highest BCUT2D eigenvalue weighted by Crippen LogP contribution is 2.24. The molecule has 0 bridgehead atoms. The Morgan fingerprint density at radius 3 is 2.65 bits per heavy atom. The van der Waals surface area contributed by atoms with Gasteiger partial charge in [-0.2, -0.15) is 0 Å². The topological polar surface area (TPSA) is 21.3 Å². The van der Waals surface area contributed by atoms with Crippen molar-refractivity contribution in [2.45, 2.75) is 19.9 Å². The Bertz CT molecular complexity index is 569. The number of halogens is 1. The highest BCUT2D eigenvalue weighted by Gasteiger charge is 2.02. The van der Waals surface area contributed by atoms with Crippen molar-refractivity contribution in [1.29, 1.82) is 0 Å². The summed E-state index contributed by atoms with van der Waals surface area (Å²) in [6.45, 7) is 3.92. The smallest absolute Gasteiger partial charge is 0.137 e. The molecule has 106 valence electrons. The molecule has 20 heavy (non-hydrogen) atoms. The molecule has 0 atom stereocenters. The molecule has 0 unspecified atom stereocenters. The molecule has 0 aromatic heterocycles. The number of benzene rings is 2. The van der Waals surface area contributed by atoms with Crippen LogP contribution < -0.4 is 10.1 Å². The summed E-state index contributed by atoms with van der Waals surface area (Å²) in [7, 11) is 1.63. The average Bonchev–Trinajstić information content (AvgIpc) is 2.45. The number of nitrogens with one attached hydrogen (secondary N) is 1. The van der Waals surface area contributed by atoms with Gasteiger partial charge < -0.3 is 10.1 Å². The lowest BCUT2D eigenvalue weighted by Gasteiger charge is -2.09. The molecule has 3 heteroatoms. The van der Waals surface area contributed by atoms with Gasteiger partial charge in [0.2, 0.25) is 0 Å².